The van der Waals surface area contributed by atoms with Gasteiger partial charge in [-0.1, -0.05) is 18.2 Å². The van der Waals surface area contributed by atoms with Gasteiger partial charge in [0.25, 0.3) is 5.91 Å². The normalized spacial score (nSPS) is 19.6. The molecule has 196 valence electrons. The van der Waals surface area contributed by atoms with E-state index in [1.807, 2.05) is 29.1 Å². The molecule has 0 spiro atoms. The molecular weight excluding hydrogens is 484 g/mol. The van der Waals surface area contributed by atoms with Crippen LogP contribution >= 0.6 is 0 Å². The lowest BCUT2D eigenvalue weighted by atomic mass is 10.1. The van der Waals surface area contributed by atoms with Gasteiger partial charge in [0.15, 0.2) is 0 Å². The highest BCUT2D eigenvalue weighted by molar-refractivity contribution is 6.01. The lowest BCUT2D eigenvalue weighted by molar-refractivity contribution is -0.131. The number of rotatable bonds is 7. The lowest BCUT2D eigenvalue weighted by Crippen LogP contribution is -2.43. The topological polar surface area (TPSA) is 121 Å². The maximum atomic E-state index is 13.3. The van der Waals surface area contributed by atoms with Gasteiger partial charge in [-0.2, -0.15) is 10.4 Å². The molecular formula is C28H30N6O4. The van der Waals surface area contributed by atoms with E-state index in [0.717, 1.165) is 18.2 Å². The van der Waals surface area contributed by atoms with Gasteiger partial charge in [-0.05, 0) is 50.5 Å². The standard InChI is InChI=1S/C28H30N6O4/c1-28(9-10-28)34-16-19-11-18(13-23(38-3)25(19)31-34)27(37)32(2)17-24(35)33-15-20(12-22(33)14-29)26(36)30-21-7-5-4-6-8-21/h4-8,11,13,16,20,22H,9-10,12,15,17H2,1-3H3,(H,30,36). The van der Waals surface area contributed by atoms with Crippen LogP contribution in [0.5, 0.6) is 5.75 Å². The number of methoxy groups -OCH3 is 1. The van der Waals surface area contributed by atoms with Crippen LogP contribution in [0.2, 0.25) is 0 Å². The number of amides is 3. The second kappa shape index (κ2) is 9.82. The number of hydrogen-bond donors (Lipinski definition) is 1. The molecule has 1 N–H and O–H groups in total. The summed E-state index contributed by atoms with van der Waals surface area (Å²) in [6.45, 7) is 2.04. The predicted octanol–water partition coefficient (Wildman–Crippen LogP) is 3.01. The summed E-state index contributed by atoms with van der Waals surface area (Å²) in [5, 5.41) is 17.9. The first-order valence-electron chi connectivity index (χ1n) is 12.6. The van der Waals surface area contributed by atoms with Crippen molar-refractivity contribution in [2.24, 2.45) is 5.92 Å². The van der Waals surface area contributed by atoms with Crippen molar-refractivity contribution in [3.8, 4) is 11.8 Å². The highest BCUT2D eigenvalue weighted by atomic mass is 16.5. The van der Waals surface area contributed by atoms with Crippen LogP contribution in [-0.2, 0) is 15.1 Å². The molecule has 2 atom stereocenters. The summed E-state index contributed by atoms with van der Waals surface area (Å²) in [7, 11) is 3.08. The molecule has 2 unspecified atom stereocenters. The number of anilines is 1. The minimum absolute atomic E-state index is 0.000281. The number of likely N-dealkylation sites (N-methyl/N-ethyl adjacent to an activating group) is 1. The quantitative estimate of drug-likeness (QED) is 0.518. The number of ether oxygens (including phenoxy) is 1. The zero-order chi connectivity index (χ0) is 27.0. The third-order valence-electron chi connectivity index (χ3n) is 7.47. The van der Waals surface area contributed by atoms with Crippen molar-refractivity contribution in [1.29, 1.82) is 5.26 Å². The molecule has 5 rings (SSSR count). The number of carbonyl (C=O) groups excluding carboxylic acids is 3. The number of likely N-dealkylation sites (tertiary alicyclic amines) is 1. The Kier molecular flexibility index (Phi) is 6.53. The fourth-order valence-corrected chi connectivity index (χ4v) is 4.84. The zero-order valence-electron chi connectivity index (χ0n) is 21.7. The Morgan fingerprint density at radius 1 is 1.24 bits per heavy atom. The summed E-state index contributed by atoms with van der Waals surface area (Å²) in [6, 6.07) is 13.8. The largest absolute Gasteiger partial charge is 0.494 e. The van der Waals surface area contributed by atoms with E-state index >= 15 is 0 Å². The molecule has 3 amide bonds. The molecule has 2 aliphatic rings. The number of nitrogens with one attached hydrogen (secondary N) is 1. The molecule has 10 nitrogen and oxygen atoms in total. The fourth-order valence-electron chi connectivity index (χ4n) is 4.84. The number of nitrogens with zero attached hydrogens (tertiary/aromatic N) is 5. The van der Waals surface area contributed by atoms with Gasteiger partial charge in [0.2, 0.25) is 11.8 Å². The van der Waals surface area contributed by atoms with Crippen molar-refractivity contribution < 1.29 is 19.1 Å². The van der Waals surface area contributed by atoms with Gasteiger partial charge in [0.05, 0.1) is 31.2 Å². The summed E-state index contributed by atoms with van der Waals surface area (Å²) in [5.74, 6) is -0.997. The van der Waals surface area contributed by atoms with Crippen molar-refractivity contribution in [2.75, 3.05) is 32.6 Å². The third-order valence-corrected chi connectivity index (χ3v) is 7.47. The minimum Gasteiger partial charge on any atom is -0.494 e. The molecule has 0 bridgehead atoms. The lowest BCUT2D eigenvalue weighted by Gasteiger charge is -2.24. The van der Waals surface area contributed by atoms with E-state index in [1.54, 1.807) is 31.3 Å². The van der Waals surface area contributed by atoms with Crippen LogP contribution in [0, 0.1) is 17.2 Å². The number of carbonyl (C=O) groups is 3. The van der Waals surface area contributed by atoms with Crippen LogP contribution < -0.4 is 10.1 Å². The summed E-state index contributed by atoms with van der Waals surface area (Å²) in [6.07, 6.45) is 4.27. The van der Waals surface area contributed by atoms with E-state index in [0.29, 0.717) is 22.5 Å². The molecule has 3 aromatic rings. The maximum absolute atomic E-state index is 13.3. The van der Waals surface area contributed by atoms with Gasteiger partial charge < -0.3 is 19.9 Å². The molecule has 1 saturated heterocycles. The Hall–Kier alpha value is -4.39. The Balaban J connectivity index is 1.27. The van der Waals surface area contributed by atoms with Crippen LogP contribution in [0.1, 0.15) is 36.5 Å². The van der Waals surface area contributed by atoms with E-state index in [1.165, 1.54) is 16.9 Å². The van der Waals surface area contributed by atoms with E-state index < -0.39 is 12.0 Å². The monoisotopic (exact) mass is 514 g/mol. The van der Waals surface area contributed by atoms with E-state index in [2.05, 4.69) is 23.4 Å². The molecule has 1 aliphatic heterocycles. The number of aromatic nitrogens is 2. The van der Waals surface area contributed by atoms with E-state index in [9.17, 15) is 19.6 Å². The van der Waals surface area contributed by atoms with Crippen LogP contribution in [0.25, 0.3) is 10.9 Å². The van der Waals surface area contributed by atoms with E-state index in [-0.39, 0.29) is 42.8 Å². The Bertz CT molecular complexity index is 1440. The van der Waals surface area contributed by atoms with Crippen molar-refractivity contribution in [1.82, 2.24) is 19.6 Å². The fraction of sp³-hybridized carbons (Fsp3) is 0.393. The molecule has 10 heteroatoms. The number of hydrogen-bond acceptors (Lipinski definition) is 6. The van der Waals surface area contributed by atoms with Crippen molar-refractivity contribution in [3.05, 3.63) is 54.2 Å². The summed E-state index contributed by atoms with van der Waals surface area (Å²) in [4.78, 5) is 41.9. The first-order chi connectivity index (χ1) is 18.2. The second-order valence-corrected chi connectivity index (χ2v) is 10.3. The third kappa shape index (κ3) is 4.79. The van der Waals surface area contributed by atoms with Gasteiger partial charge in [0.1, 0.15) is 17.3 Å². The first-order valence-corrected chi connectivity index (χ1v) is 12.6. The summed E-state index contributed by atoms with van der Waals surface area (Å²) in [5.41, 5.74) is 1.72. The smallest absolute Gasteiger partial charge is 0.254 e. The molecule has 1 saturated carbocycles. The van der Waals surface area contributed by atoms with Gasteiger partial charge in [-0.3, -0.25) is 19.1 Å². The van der Waals surface area contributed by atoms with Gasteiger partial charge in [0, 0.05) is 36.4 Å². The van der Waals surface area contributed by atoms with Crippen molar-refractivity contribution >= 4 is 34.3 Å². The Labute approximate surface area is 220 Å². The predicted molar refractivity (Wildman–Crippen MR) is 140 cm³/mol. The molecule has 2 fully saturated rings. The highest BCUT2D eigenvalue weighted by Crippen LogP contribution is 2.43. The molecule has 2 aromatic carbocycles. The van der Waals surface area contributed by atoms with Crippen LogP contribution in [0.3, 0.4) is 0 Å². The van der Waals surface area contributed by atoms with E-state index in [4.69, 9.17) is 4.74 Å². The molecule has 1 aliphatic carbocycles. The summed E-state index contributed by atoms with van der Waals surface area (Å²) >= 11 is 0. The summed E-state index contributed by atoms with van der Waals surface area (Å²) < 4.78 is 7.45. The van der Waals surface area contributed by atoms with Crippen molar-refractivity contribution in [3.63, 3.8) is 0 Å². The number of nitriles is 1. The first kappa shape index (κ1) is 25.3. The van der Waals surface area contributed by atoms with Gasteiger partial charge in [-0.15, -0.1) is 0 Å². The second-order valence-electron chi connectivity index (χ2n) is 10.3. The maximum Gasteiger partial charge on any atom is 0.254 e. The van der Waals surface area contributed by atoms with Crippen LogP contribution in [0.4, 0.5) is 5.69 Å². The Morgan fingerprint density at radius 3 is 2.63 bits per heavy atom. The average molecular weight is 515 g/mol. The van der Waals surface area contributed by atoms with Crippen LogP contribution in [0.15, 0.2) is 48.7 Å². The minimum atomic E-state index is -0.733. The molecule has 38 heavy (non-hydrogen) atoms. The highest BCUT2D eigenvalue weighted by Gasteiger charge is 2.41. The number of benzene rings is 2. The Morgan fingerprint density at radius 2 is 1.97 bits per heavy atom. The zero-order valence-corrected chi connectivity index (χ0v) is 21.7. The number of para-hydroxylation sites is 1. The molecule has 1 aromatic heterocycles. The van der Waals surface area contributed by atoms with Gasteiger partial charge in [-0.25, -0.2) is 0 Å². The van der Waals surface area contributed by atoms with Crippen molar-refractivity contribution in [2.45, 2.75) is 37.8 Å². The number of fused-ring (bicyclic) bond motifs is 1. The van der Waals surface area contributed by atoms with Gasteiger partial charge >= 0.3 is 0 Å². The molecule has 2 heterocycles. The van der Waals surface area contributed by atoms with Crippen LogP contribution in [-0.4, -0.2) is 70.6 Å². The SMILES string of the molecule is COc1cc(C(=O)N(C)CC(=O)N2CC(C(=O)Nc3ccccc3)CC2C#N)cc2cn(C3(C)CC3)nc12. The average Bonchev–Trinajstić information content (AvgIpc) is 3.32. The molecule has 0 radical (unpaired) electrons.